The van der Waals surface area contributed by atoms with Gasteiger partial charge in [-0.25, -0.2) is 8.78 Å². The van der Waals surface area contributed by atoms with E-state index in [2.05, 4.69) is 15.9 Å². The Morgan fingerprint density at radius 3 is 2.50 bits per heavy atom. The Bertz CT molecular complexity index is 396. The molecule has 0 aromatic heterocycles. The van der Waals surface area contributed by atoms with Crippen LogP contribution in [0.15, 0.2) is 22.7 Å². The van der Waals surface area contributed by atoms with Gasteiger partial charge < -0.3 is 5.73 Å². The summed E-state index contributed by atoms with van der Waals surface area (Å²) in [6, 6.07) is 4.79. The van der Waals surface area contributed by atoms with E-state index in [0.717, 1.165) is 0 Å². The van der Waals surface area contributed by atoms with Crippen LogP contribution in [0.4, 0.5) is 8.78 Å². The van der Waals surface area contributed by atoms with Gasteiger partial charge in [0.25, 0.3) is 5.92 Å². The summed E-state index contributed by atoms with van der Waals surface area (Å²) < 4.78 is 26.7. The van der Waals surface area contributed by atoms with E-state index in [9.17, 15) is 8.78 Å². The average molecular weight is 283 g/mol. The fraction of sp³-hybridized carbons (Fsp3) is 0.333. The molecule has 0 spiro atoms. The van der Waals surface area contributed by atoms with Crippen LogP contribution < -0.4 is 5.73 Å². The van der Waals surface area contributed by atoms with Gasteiger partial charge in [-0.15, -0.1) is 0 Å². The Hall–Kier alpha value is -0.190. The van der Waals surface area contributed by atoms with Crippen molar-refractivity contribution in [1.82, 2.24) is 0 Å². The number of rotatable bonds is 1. The molecule has 0 bridgehead atoms. The average Bonchev–Trinajstić information content (AvgIpc) is 2.58. The van der Waals surface area contributed by atoms with E-state index in [1.165, 1.54) is 0 Å². The largest absolute Gasteiger partial charge is 0.316 e. The molecule has 2 rings (SSSR count). The molecule has 1 aromatic rings. The molecule has 0 saturated heterocycles. The van der Waals surface area contributed by atoms with Crippen molar-refractivity contribution in [1.29, 1.82) is 0 Å². The van der Waals surface area contributed by atoms with Gasteiger partial charge in [-0.05, 0) is 23.8 Å². The standard InChI is InChI=1S/C9H7BrClF2N/c10-5-1-2-7(11)6(3-5)8(14)4-9(8,12)13/h1-3H,4,14H2. The molecule has 0 aliphatic heterocycles. The first-order valence-electron chi connectivity index (χ1n) is 3.99. The molecule has 0 radical (unpaired) electrons. The van der Waals surface area contributed by atoms with Crippen molar-refractivity contribution < 1.29 is 8.78 Å². The van der Waals surface area contributed by atoms with Crippen LogP contribution in [0.5, 0.6) is 0 Å². The smallest absolute Gasteiger partial charge is 0.272 e. The minimum absolute atomic E-state index is 0.285. The second-order valence-electron chi connectivity index (χ2n) is 3.48. The maximum Gasteiger partial charge on any atom is 0.272 e. The fourth-order valence-corrected chi connectivity index (χ4v) is 2.08. The summed E-state index contributed by atoms with van der Waals surface area (Å²) in [6.07, 6.45) is -0.337. The summed E-state index contributed by atoms with van der Waals surface area (Å²) in [5, 5.41) is 0.285. The lowest BCUT2D eigenvalue weighted by Crippen LogP contribution is -2.27. The first-order chi connectivity index (χ1) is 6.37. The number of benzene rings is 1. The van der Waals surface area contributed by atoms with Gasteiger partial charge >= 0.3 is 0 Å². The number of halogens is 4. The van der Waals surface area contributed by atoms with Crippen molar-refractivity contribution in [3.05, 3.63) is 33.3 Å². The van der Waals surface area contributed by atoms with Crippen molar-refractivity contribution in [2.45, 2.75) is 17.9 Å². The Morgan fingerprint density at radius 2 is 2.00 bits per heavy atom. The zero-order valence-corrected chi connectivity index (χ0v) is 9.37. The van der Waals surface area contributed by atoms with Gasteiger partial charge in [0, 0.05) is 15.9 Å². The van der Waals surface area contributed by atoms with Crippen molar-refractivity contribution in [3.8, 4) is 0 Å². The molecule has 1 nitrogen and oxygen atoms in total. The lowest BCUT2D eigenvalue weighted by molar-refractivity contribution is 0.0891. The van der Waals surface area contributed by atoms with Gasteiger partial charge in [0.15, 0.2) is 0 Å². The highest BCUT2D eigenvalue weighted by atomic mass is 79.9. The maximum absolute atomic E-state index is 13.0. The number of alkyl halides is 2. The normalized spacial score (nSPS) is 28.9. The summed E-state index contributed by atoms with van der Waals surface area (Å²) in [6.45, 7) is 0. The number of hydrogen-bond donors (Lipinski definition) is 1. The van der Waals surface area contributed by atoms with E-state index in [-0.39, 0.29) is 11.4 Å². The van der Waals surface area contributed by atoms with Crippen molar-refractivity contribution in [2.75, 3.05) is 0 Å². The summed E-state index contributed by atoms with van der Waals surface area (Å²) >= 11 is 9.01. The van der Waals surface area contributed by atoms with Crippen LogP contribution in [0.3, 0.4) is 0 Å². The topological polar surface area (TPSA) is 26.0 Å². The summed E-state index contributed by atoms with van der Waals surface area (Å²) in [5.74, 6) is -2.84. The molecule has 1 aromatic carbocycles. The summed E-state index contributed by atoms with van der Waals surface area (Å²) in [4.78, 5) is 0. The lowest BCUT2D eigenvalue weighted by atomic mass is 10.1. The molecule has 1 aliphatic carbocycles. The highest BCUT2D eigenvalue weighted by molar-refractivity contribution is 9.10. The molecule has 1 saturated carbocycles. The molecule has 76 valence electrons. The third kappa shape index (κ3) is 1.36. The van der Waals surface area contributed by atoms with Crippen LogP contribution in [0.2, 0.25) is 5.02 Å². The molecule has 5 heteroatoms. The molecule has 0 heterocycles. The predicted molar refractivity (Wildman–Crippen MR) is 54.6 cm³/mol. The monoisotopic (exact) mass is 281 g/mol. The quantitative estimate of drug-likeness (QED) is 0.840. The summed E-state index contributed by atoms with van der Waals surface area (Å²) in [7, 11) is 0. The van der Waals surface area contributed by atoms with Crippen LogP contribution in [-0.4, -0.2) is 5.92 Å². The Balaban J connectivity index is 2.48. The minimum atomic E-state index is -2.84. The first kappa shape index (κ1) is 10.3. The van der Waals surface area contributed by atoms with Crippen LogP contribution >= 0.6 is 27.5 Å². The zero-order chi connectivity index (χ0) is 10.6. The van der Waals surface area contributed by atoms with Crippen molar-refractivity contribution in [2.24, 2.45) is 5.73 Å². The third-order valence-electron chi connectivity index (χ3n) is 2.44. The van der Waals surface area contributed by atoms with Crippen LogP contribution in [0.25, 0.3) is 0 Å². The SMILES string of the molecule is NC1(c2cc(Br)ccc2Cl)CC1(F)F. The maximum atomic E-state index is 13.0. The second kappa shape index (κ2) is 2.90. The highest BCUT2D eigenvalue weighted by Gasteiger charge is 2.70. The molecule has 14 heavy (non-hydrogen) atoms. The van der Waals surface area contributed by atoms with E-state index in [1.54, 1.807) is 18.2 Å². The molecule has 1 aliphatic rings. The fourth-order valence-electron chi connectivity index (χ4n) is 1.44. The van der Waals surface area contributed by atoms with E-state index in [0.29, 0.717) is 10.0 Å². The Labute approximate surface area is 93.4 Å². The first-order valence-corrected chi connectivity index (χ1v) is 5.16. The van der Waals surface area contributed by atoms with Gasteiger partial charge in [-0.1, -0.05) is 27.5 Å². The zero-order valence-electron chi connectivity index (χ0n) is 7.03. The third-order valence-corrected chi connectivity index (χ3v) is 3.26. The van der Waals surface area contributed by atoms with Gasteiger partial charge in [0.1, 0.15) is 5.54 Å². The van der Waals surface area contributed by atoms with Gasteiger partial charge in [0.2, 0.25) is 0 Å². The van der Waals surface area contributed by atoms with Gasteiger partial charge in [-0.2, -0.15) is 0 Å². The lowest BCUT2D eigenvalue weighted by Gasteiger charge is -2.12. The molecule has 2 N–H and O–H groups in total. The molecule has 0 amide bonds. The van der Waals surface area contributed by atoms with Gasteiger partial charge in [0.05, 0.1) is 0 Å². The second-order valence-corrected chi connectivity index (χ2v) is 4.80. The number of nitrogens with two attached hydrogens (primary N) is 1. The van der Waals surface area contributed by atoms with Gasteiger partial charge in [-0.3, -0.25) is 0 Å². The predicted octanol–water partition coefficient (Wildman–Crippen LogP) is 3.30. The van der Waals surface area contributed by atoms with Crippen LogP contribution in [0.1, 0.15) is 12.0 Å². The van der Waals surface area contributed by atoms with E-state index < -0.39 is 11.5 Å². The van der Waals surface area contributed by atoms with Crippen LogP contribution in [0, 0.1) is 0 Å². The molecule has 1 fully saturated rings. The number of hydrogen-bond acceptors (Lipinski definition) is 1. The van der Waals surface area contributed by atoms with Crippen molar-refractivity contribution in [3.63, 3.8) is 0 Å². The van der Waals surface area contributed by atoms with E-state index in [4.69, 9.17) is 17.3 Å². The Morgan fingerprint density at radius 1 is 1.43 bits per heavy atom. The van der Waals surface area contributed by atoms with Crippen LogP contribution in [-0.2, 0) is 5.54 Å². The molecule has 1 unspecified atom stereocenters. The molecular weight excluding hydrogens is 275 g/mol. The highest BCUT2D eigenvalue weighted by Crippen LogP contribution is 2.59. The minimum Gasteiger partial charge on any atom is -0.316 e. The van der Waals surface area contributed by atoms with E-state index >= 15 is 0 Å². The van der Waals surface area contributed by atoms with Crippen molar-refractivity contribution >= 4 is 27.5 Å². The summed E-state index contributed by atoms with van der Waals surface area (Å²) in [5.41, 5.74) is 4.29. The van der Waals surface area contributed by atoms with E-state index in [1.807, 2.05) is 0 Å². The Kier molecular flexibility index (Phi) is 2.14. The molecular formula is C9H7BrClF2N. The molecule has 1 atom stereocenters.